The van der Waals surface area contributed by atoms with E-state index >= 15 is 0 Å². The monoisotopic (exact) mass is 323 g/mol. The minimum Gasteiger partial charge on any atom is -0.400 e. The van der Waals surface area contributed by atoms with Gasteiger partial charge in [-0.3, -0.25) is 9.59 Å². The summed E-state index contributed by atoms with van der Waals surface area (Å²) in [6.45, 7) is 6.55. The molecule has 0 aromatic carbocycles. The van der Waals surface area contributed by atoms with Gasteiger partial charge in [0.25, 0.3) is 0 Å². The predicted molar refractivity (Wildman–Crippen MR) is 64.5 cm³/mol. The molecule has 1 fully saturated rings. The zero-order valence-corrected chi connectivity index (χ0v) is 14.0. The van der Waals surface area contributed by atoms with E-state index in [0.29, 0.717) is 0 Å². The molecule has 1 saturated heterocycles. The summed E-state index contributed by atoms with van der Waals surface area (Å²) in [5.74, 6) is -0.142. The quantitative estimate of drug-likeness (QED) is 0.498. The van der Waals surface area contributed by atoms with Crippen LogP contribution < -0.4 is 11.1 Å². The molecule has 1 aliphatic heterocycles. The van der Waals surface area contributed by atoms with Crippen molar-refractivity contribution in [3.8, 4) is 0 Å². The van der Waals surface area contributed by atoms with Crippen LogP contribution in [0.1, 0.15) is 13.8 Å². The van der Waals surface area contributed by atoms with Crippen molar-refractivity contribution in [3.63, 3.8) is 0 Å². The summed E-state index contributed by atoms with van der Waals surface area (Å²) in [6, 6.07) is 0. The van der Waals surface area contributed by atoms with Crippen LogP contribution in [0.25, 0.3) is 0 Å². The molecule has 1 rings (SSSR count). The number of nitrogens with zero attached hydrogens (tertiary/aromatic N) is 1. The molecular formula is C10H24N3O3Y-. The molecule has 7 heteroatoms. The van der Waals surface area contributed by atoms with Crippen molar-refractivity contribution >= 4 is 11.8 Å². The predicted octanol–water partition coefficient (Wildman–Crippen LogP) is -1.01. The second-order valence-corrected chi connectivity index (χ2v) is 2.87. The van der Waals surface area contributed by atoms with Crippen molar-refractivity contribution in [1.82, 2.24) is 10.2 Å². The standard InChI is InChI=1S/C6H12N2O.C2H5NO.CH4O.CH3.Y/c1-6(9)8-4-2-7-3-5-8;1-2(3)4;1-2;;/h7H,2-5H2,1H3;1H3,(H2,3,4);2H,1H3;1H3;/q;;;-1;. The molecule has 0 aromatic rings. The van der Waals surface area contributed by atoms with Crippen molar-refractivity contribution in [2.75, 3.05) is 33.3 Å². The van der Waals surface area contributed by atoms with E-state index in [0.717, 1.165) is 33.3 Å². The summed E-state index contributed by atoms with van der Waals surface area (Å²) >= 11 is 0. The van der Waals surface area contributed by atoms with E-state index in [1.807, 2.05) is 4.90 Å². The van der Waals surface area contributed by atoms with Crippen LogP contribution >= 0.6 is 0 Å². The fourth-order valence-corrected chi connectivity index (χ4v) is 0.980. The number of amides is 2. The van der Waals surface area contributed by atoms with E-state index in [1.54, 1.807) is 6.92 Å². The van der Waals surface area contributed by atoms with E-state index in [2.05, 4.69) is 11.1 Å². The SMILES string of the molecule is CC(=O)N1CCNCC1.CC(N)=O.CO.[CH3-].[Y]. The Bertz CT molecular complexity index is 182. The molecule has 2 amide bonds. The van der Waals surface area contributed by atoms with Gasteiger partial charge in [0, 0.05) is 79.8 Å². The Kier molecular flexibility index (Phi) is 27.7. The van der Waals surface area contributed by atoms with Gasteiger partial charge in [-0.25, -0.2) is 0 Å². The molecule has 0 aliphatic carbocycles. The molecule has 17 heavy (non-hydrogen) atoms. The maximum Gasteiger partial charge on any atom is 0.219 e. The van der Waals surface area contributed by atoms with Crippen LogP contribution in [0.3, 0.4) is 0 Å². The van der Waals surface area contributed by atoms with E-state index in [1.165, 1.54) is 6.92 Å². The van der Waals surface area contributed by atoms with E-state index in [9.17, 15) is 9.59 Å². The third-order valence-corrected chi connectivity index (χ3v) is 1.56. The number of hydrogen-bond donors (Lipinski definition) is 3. The van der Waals surface area contributed by atoms with E-state index in [-0.39, 0.29) is 52.0 Å². The molecule has 0 saturated carbocycles. The second kappa shape index (κ2) is 18.3. The van der Waals surface area contributed by atoms with Crippen LogP contribution in [0, 0.1) is 7.43 Å². The van der Waals surface area contributed by atoms with Crippen LogP contribution in [-0.2, 0) is 42.3 Å². The molecule has 0 unspecified atom stereocenters. The van der Waals surface area contributed by atoms with Crippen LogP contribution in [0.4, 0.5) is 0 Å². The summed E-state index contributed by atoms with van der Waals surface area (Å²) in [5.41, 5.74) is 4.47. The number of nitrogens with two attached hydrogens (primary N) is 1. The molecule has 0 aromatic heterocycles. The van der Waals surface area contributed by atoms with Crippen molar-refractivity contribution in [2.24, 2.45) is 5.73 Å². The maximum absolute atomic E-state index is 10.7. The van der Waals surface area contributed by atoms with Gasteiger partial charge in [0.15, 0.2) is 0 Å². The summed E-state index contributed by atoms with van der Waals surface area (Å²) in [7, 11) is 1.00. The number of piperazine rings is 1. The topological polar surface area (TPSA) is 95.7 Å². The molecule has 4 N–H and O–H groups in total. The first kappa shape index (κ1) is 25.7. The first-order valence-electron chi connectivity index (χ1n) is 4.71. The molecule has 0 spiro atoms. The Morgan fingerprint density at radius 1 is 1.18 bits per heavy atom. The molecule has 0 bridgehead atoms. The first-order valence-corrected chi connectivity index (χ1v) is 4.71. The van der Waals surface area contributed by atoms with Gasteiger partial charge in [-0.05, 0) is 0 Å². The fourth-order valence-electron chi connectivity index (χ4n) is 0.980. The number of nitrogens with one attached hydrogen (secondary N) is 1. The zero-order chi connectivity index (χ0) is 12.3. The Hall–Kier alpha value is -0.0361. The van der Waals surface area contributed by atoms with Crippen molar-refractivity contribution in [2.45, 2.75) is 13.8 Å². The van der Waals surface area contributed by atoms with Gasteiger partial charge < -0.3 is 28.5 Å². The molecule has 101 valence electrons. The van der Waals surface area contributed by atoms with Crippen molar-refractivity contribution < 1.29 is 47.4 Å². The average molecular weight is 323 g/mol. The molecule has 1 heterocycles. The van der Waals surface area contributed by atoms with E-state index < -0.39 is 0 Å². The smallest absolute Gasteiger partial charge is 0.219 e. The number of aliphatic hydroxyl groups excluding tert-OH is 1. The van der Waals surface area contributed by atoms with Gasteiger partial charge in [0.2, 0.25) is 11.8 Å². The van der Waals surface area contributed by atoms with Crippen LogP contribution in [0.2, 0.25) is 0 Å². The van der Waals surface area contributed by atoms with Crippen molar-refractivity contribution in [3.05, 3.63) is 7.43 Å². The van der Waals surface area contributed by atoms with Gasteiger partial charge in [0.1, 0.15) is 0 Å². The number of hydrogen-bond acceptors (Lipinski definition) is 4. The Morgan fingerprint density at radius 3 is 1.65 bits per heavy atom. The fraction of sp³-hybridized carbons (Fsp3) is 0.700. The van der Waals surface area contributed by atoms with Crippen LogP contribution in [0.15, 0.2) is 0 Å². The minimum atomic E-state index is -0.333. The summed E-state index contributed by atoms with van der Waals surface area (Å²) in [4.78, 5) is 21.8. The Labute approximate surface area is 129 Å². The van der Waals surface area contributed by atoms with Gasteiger partial charge in [-0.2, -0.15) is 0 Å². The van der Waals surface area contributed by atoms with Gasteiger partial charge in [-0.15, -0.1) is 0 Å². The summed E-state index contributed by atoms with van der Waals surface area (Å²) in [6.07, 6.45) is 0. The molecule has 1 radical (unpaired) electrons. The number of carbonyl (C=O) groups is 2. The zero-order valence-electron chi connectivity index (χ0n) is 11.2. The maximum atomic E-state index is 10.7. The molecular weight excluding hydrogens is 299 g/mol. The third-order valence-electron chi connectivity index (χ3n) is 1.56. The Balaban J connectivity index is -0.0000000925. The number of rotatable bonds is 0. The number of carbonyl (C=O) groups excluding carboxylic acids is 2. The average Bonchev–Trinajstić information content (AvgIpc) is 2.21. The minimum absolute atomic E-state index is 0. The summed E-state index contributed by atoms with van der Waals surface area (Å²) in [5, 5.41) is 10.2. The van der Waals surface area contributed by atoms with Crippen LogP contribution in [0.5, 0.6) is 0 Å². The van der Waals surface area contributed by atoms with E-state index in [4.69, 9.17) is 5.11 Å². The summed E-state index contributed by atoms with van der Waals surface area (Å²) < 4.78 is 0. The normalized spacial score (nSPS) is 12.4. The van der Waals surface area contributed by atoms with Gasteiger partial charge in [-0.1, -0.05) is 0 Å². The van der Waals surface area contributed by atoms with Crippen LogP contribution in [-0.4, -0.2) is 55.1 Å². The first-order chi connectivity index (χ1) is 7.04. The van der Waals surface area contributed by atoms with Crippen molar-refractivity contribution in [1.29, 1.82) is 0 Å². The van der Waals surface area contributed by atoms with Gasteiger partial charge >= 0.3 is 0 Å². The number of aliphatic hydroxyl groups is 1. The second-order valence-electron chi connectivity index (χ2n) is 2.87. The molecule has 0 atom stereocenters. The van der Waals surface area contributed by atoms with Gasteiger partial charge in [0.05, 0.1) is 0 Å². The number of primary amides is 1. The molecule has 6 nitrogen and oxygen atoms in total. The molecule has 1 aliphatic rings. The third kappa shape index (κ3) is 21.7. The largest absolute Gasteiger partial charge is 0.400 e. The Morgan fingerprint density at radius 2 is 1.47 bits per heavy atom.